The van der Waals surface area contributed by atoms with Crippen LogP contribution in [-0.4, -0.2) is 29.3 Å². The minimum Gasteiger partial charge on any atom is -0.506 e. The Morgan fingerprint density at radius 2 is 1.75 bits per heavy atom. The van der Waals surface area contributed by atoms with Crippen LogP contribution in [0.4, 0.5) is 11.5 Å². The van der Waals surface area contributed by atoms with Crippen LogP contribution in [-0.2, 0) is 0 Å². The summed E-state index contributed by atoms with van der Waals surface area (Å²) >= 11 is 3.34. The van der Waals surface area contributed by atoms with Gasteiger partial charge in [0, 0.05) is 17.1 Å². The number of hydrogen-bond acceptors (Lipinski definition) is 6. The molecule has 0 saturated heterocycles. The maximum Gasteiger partial charge on any atom is 0.162 e. The van der Waals surface area contributed by atoms with Gasteiger partial charge in [0.25, 0.3) is 0 Å². The summed E-state index contributed by atoms with van der Waals surface area (Å²) in [5.74, 6) is 2.07. The molecule has 0 fully saturated rings. The third-order valence-corrected chi connectivity index (χ3v) is 4.26. The average molecular weight is 390 g/mol. The first-order valence-corrected chi connectivity index (χ1v) is 7.95. The Kier molecular flexibility index (Phi) is 4.44. The van der Waals surface area contributed by atoms with Crippen molar-refractivity contribution in [3.8, 4) is 17.2 Å². The van der Waals surface area contributed by atoms with Gasteiger partial charge in [-0.1, -0.05) is 0 Å². The number of nitrogens with one attached hydrogen (secondary N) is 1. The fourth-order valence-electron chi connectivity index (χ4n) is 2.43. The molecule has 2 N–H and O–H groups in total. The van der Waals surface area contributed by atoms with Crippen LogP contribution in [0.5, 0.6) is 17.2 Å². The number of phenolic OH excluding ortho intramolecular Hbond substituents is 1. The summed E-state index contributed by atoms with van der Waals surface area (Å²) in [6, 6.07) is 7.27. The van der Waals surface area contributed by atoms with Gasteiger partial charge in [-0.3, -0.25) is 0 Å². The standard InChI is InChI=1S/C17H16BrN3O3/c1-9-4-10(5-12(18)16(9)22)21-17-11-6-14(23-2)15(24-3)7-13(11)19-8-20-17/h4-8,22H,1-3H3,(H,19,20,21). The topological polar surface area (TPSA) is 76.5 Å². The first kappa shape index (κ1) is 16.3. The summed E-state index contributed by atoms with van der Waals surface area (Å²) in [4.78, 5) is 8.60. The number of benzene rings is 2. The van der Waals surface area contributed by atoms with Gasteiger partial charge in [-0.25, -0.2) is 9.97 Å². The van der Waals surface area contributed by atoms with E-state index in [0.717, 1.165) is 22.2 Å². The van der Waals surface area contributed by atoms with Crippen LogP contribution in [0.3, 0.4) is 0 Å². The average Bonchev–Trinajstić information content (AvgIpc) is 2.58. The minimum atomic E-state index is 0.222. The lowest BCUT2D eigenvalue weighted by Crippen LogP contribution is -1.98. The van der Waals surface area contributed by atoms with Gasteiger partial charge >= 0.3 is 0 Å². The Bertz CT molecular complexity index is 892. The fourth-order valence-corrected chi connectivity index (χ4v) is 2.99. The second kappa shape index (κ2) is 6.52. The van der Waals surface area contributed by atoms with Gasteiger partial charge in [-0.2, -0.15) is 0 Å². The van der Waals surface area contributed by atoms with Crippen LogP contribution in [0, 0.1) is 6.92 Å². The van der Waals surface area contributed by atoms with Crippen molar-refractivity contribution in [2.75, 3.05) is 19.5 Å². The largest absolute Gasteiger partial charge is 0.506 e. The van der Waals surface area contributed by atoms with E-state index in [1.54, 1.807) is 26.4 Å². The number of aryl methyl sites for hydroxylation is 1. The van der Waals surface area contributed by atoms with Crippen LogP contribution in [0.1, 0.15) is 5.56 Å². The zero-order chi connectivity index (χ0) is 17.3. The fraction of sp³-hybridized carbons (Fsp3) is 0.176. The second-order valence-electron chi connectivity index (χ2n) is 5.20. The Morgan fingerprint density at radius 1 is 1.04 bits per heavy atom. The van der Waals surface area contributed by atoms with Crippen molar-refractivity contribution in [1.82, 2.24) is 9.97 Å². The van der Waals surface area contributed by atoms with E-state index in [4.69, 9.17) is 9.47 Å². The predicted molar refractivity (Wildman–Crippen MR) is 96.5 cm³/mol. The summed E-state index contributed by atoms with van der Waals surface area (Å²) in [5.41, 5.74) is 2.29. The maximum absolute atomic E-state index is 9.86. The molecule has 0 unspecified atom stereocenters. The van der Waals surface area contributed by atoms with Crippen LogP contribution < -0.4 is 14.8 Å². The van der Waals surface area contributed by atoms with Crippen molar-refractivity contribution >= 4 is 38.3 Å². The van der Waals surface area contributed by atoms with Crippen molar-refractivity contribution < 1.29 is 14.6 Å². The van der Waals surface area contributed by atoms with Crippen molar-refractivity contribution in [3.05, 3.63) is 40.6 Å². The van der Waals surface area contributed by atoms with E-state index < -0.39 is 0 Å². The predicted octanol–water partition coefficient (Wildman–Crippen LogP) is 4.17. The quantitative estimate of drug-likeness (QED) is 0.652. The van der Waals surface area contributed by atoms with E-state index in [-0.39, 0.29) is 5.75 Å². The highest BCUT2D eigenvalue weighted by Gasteiger charge is 2.12. The molecular formula is C17H16BrN3O3. The van der Waals surface area contributed by atoms with Gasteiger partial charge in [0.1, 0.15) is 17.9 Å². The summed E-state index contributed by atoms with van der Waals surface area (Å²) < 4.78 is 11.3. The van der Waals surface area contributed by atoms with E-state index in [9.17, 15) is 5.11 Å². The van der Waals surface area contributed by atoms with E-state index in [0.29, 0.717) is 21.8 Å². The molecule has 3 rings (SSSR count). The van der Waals surface area contributed by atoms with Gasteiger partial charge in [0.2, 0.25) is 0 Å². The Hall–Kier alpha value is -2.54. The molecule has 0 atom stereocenters. The Balaban J connectivity index is 2.09. The highest BCUT2D eigenvalue weighted by molar-refractivity contribution is 9.10. The zero-order valence-corrected chi connectivity index (χ0v) is 15.0. The molecule has 1 aromatic heterocycles. The number of hydrogen-bond donors (Lipinski definition) is 2. The van der Waals surface area contributed by atoms with E-state index in [1.807, 2.05) is 19.1 Å². The second-order valence-corrected chi connectivity index (χ2v) is 6.05. The molecule has 3 aromatic rings. The minimum absolute atomic E-state index is 0.222. The molecule has 6 nitrogen and oxygen atoms in total. The molecule has 2 aromatic carbocycles. The molecule has 0 aliphatic heterocycles. The molecule has 0 aliphatic rings. The highest BCUT2D eigenvalue weighted by Crippen LogP contribution is 2.36. The molecule has 0 aliphatic carbocycles. The molecule has 7 heteroatoms. The summed E-state index contributed by atoms with van der Waals surface area (Å²) in [6.07, 6.45) is 1.49. The van der Waals surface area contributed by atoms with Gasteiger partial charge in [-0.05, 0) is 46.6 Å². The van der Waals surface area contributed by atoms with Crippen LogP contribution in [0.25, 0.3) is 10.9 Å². The summed E-state index contributed by atoms with van der Waals surface area (Å²) in [7, 11) is 3.17. The molecule has 124 valence electrons. The number of ether oxygens (including phenoxy) is 2. The van der Waals surface area contributed by atoms with Crippen LogP contribution in [0.15, 0.2) is 35.1 Å². The Morgan fingerprint density at radius 3 is 2.42 bits per heavy atom. The van der Waals surface area contributed by atoms with E-state index in [2.05, 4.69) is 31.2 Å². The lowest BCUT2D eigenvalue weighted by Gasteiger charge is -2.13. The lowest BCUT2D eigenvalue weighted by molar-refractivity contribution is 0.356. The first-order chi connectivity index (χ1) is 11.5. The van der Waals surface area contributed by atoms with Crippen LogP contribution in [0.2, 0.25) is 0 Å². The third kappa shape index (κ3) is 2.94. The summed E-state index contributed by atoms with van der Waals surface area (Å²) in [5, 5.41) is 13.9. The number of fused-ring (bicyclic) bond motifs is 1. The number of halogens is 1. The summed E-state index contributed by atoms with van der Waals surface area (Å²) in [6.45, 7) is 1.83. The van der Waals surface area contributed by atoms with Gasteiger partial charge in [0.15, 0.2) is 11.5 Å². The van der Waals surface area contributed by atoms with Gasteiger partial charge in [0.05, 0.1) is 24.2 Å². The Labute approximate surface area is 147 Å². The maximum atomic E-state index is 9.86. The number of aromatic nitrogens is 2. The smallest absolute Gasteiger partial charge is 0.162 e. The molecule has 0 bridgehead atoms. The number of anilines is 2. The number of phenols is 1. The monoisotopic (exact) mass is 389 g/mol. The SMILES string of the molecule is COc1cc2ncnc(Nc3cc(C)c(O)c(Br)c3)c2cc1OC. The normalized spacial score (nSPS) is 10.7. The number of methoxy groups -OCH3 is 2. The molecular weight excluding hydrogens is 374 g/mol. The van der Waals surface area contributed by atoms with Crippen molar-refractivity contribution in [3.63, 3.8) is 0 Å². The first-order valence-electron chi connectivity index (χ1n) is 7.16. The van der Waals surface area contributed by atoms with Crippen molar-refractivity contribution in [2.24, 2.45) is 0 Å². The van der Waals surface area contributed by atoms with Gasteiger partial charge in [-0.15, -0.1) is 0 Å². The number of aromatic hydroxyl groups is 1. The molecule has 0 radical (unpaired) electrons. The molecule has 0 saturated carbocycles. The molecule has 0 spiro atoms. The van der Waals surface area contributed by atoms with Gasteiger partial charge < -0.3 is 19.9 Å². The van der Waals surface area contributed by atoms with E-state index >= 15 is 0 Å². The lowest BCUT2D eigenvalue weighted by atomic mass is 10.1. The zero-order valence-electron chi connectivity index (χ0n) is 13.4. The molecule has 24 heavy (non-hydrogen) atoms. The number of nitrogens with zero attached hydrogens (tertiary/aromatic N) is 2. The number of rotatable bonds is 4. The molecule has 1 heterocycles. The van der Waals surface area contributed by atoms with Crippen LogP contribution >= 0.6 is 15.9 Å². The van der Waals surface area contributed by atoms with Crippen molar-refractivity contribution in [1.29, 1.82) is 0 Å². The molecule has 0 amide bonds. The third-order valence-electron chi connectivity index (χ3n) is 3.66. The van der Waals surface area contributed by atoms with E-state index in [1.165, 1.54) is 6.33 Å². The highest BCUT2D eigenvalue weighted by atomic mass is 79.9. The van der Waals surface area contributed by atoms with Crippen molar-refractivity contribution in [2.45, 2.75) is 6.92 Å².